The van der Waals surface area contributed by atoms with E-state index in [-0.39, 0.29) is 17.3 Å². The van der Waals surface area contributed by atoms with E-state index in [0.717, 1.165) is 48.3 Å². The van der Waals surface area contributed by atoms with Crippen LogP contribution < -0.4 is 15.4 Å². The average molecular weight is 545 g/mol. The zero-order valence-electron chi connectivity index (χ0n) is 19.2. The molecule has 8 nitrogen and oxygen atoms in total. The minimum Gasteiger partial charge on any atom is -0.406 e. The summed E-state index contributed by atoms with van der Waals surface area (Å²) in [5.74, 6) is -0.569. The second-order valence-electron chi connectivity index (χ2n) is 7.80. The molecule has 0 spiro atoms. The molecular weight excluding hydrogens is 521 g/mol. The van der Waals surface area contributed by atoms with Gasteiger partial charge in [0, 0.05) is 44.4 Å². The molecule has 1 aliphatic heterocycles. The fourth-order valence-corrected chi connectivity index (χ4v) is 4.98. The largest absolute Gasteiger partial charge is 0.573 e. The Labute approximate surface area is 211 Å². The maximum Gasteiger partial charge on any atom is 0.573 e. The predicted molar refractivity (Wildman–Crippen MR) is 130 cm³/mol. The zero-order chi connectivity index (χ0) is 26.3. The number of nitrogens with zero attached hydrogens (tertiary/aromatic N) is 2. The smallest absolute Gasteiger partial charge is 0.406 e. The van der Waals surface area contributed by atoms with Gasteiger partial charge in [-0.25, -0.2) is 8.42 Å². The molecule has 0 aromatic heterocycles. The van der Waals surface area contributed by atoms with E-state index >= 15 is 0 Å². The fraction of sp³-hybridized carbons (Fsp3) is 0.304. The van der Waals surface area contributed by atoms with Crippen LogP contribution in [0.5, 0.6) is 5.75 Å². The van der Waals surface area contributed by atoms with Gasteiger partial charge in [-0.05, 0) is 17.7 Å². The molecule has 2 aromatic rings. The number of alkyl halides is 3. The van der Waals surface area contributed by atoms with Crippen LogP contribution in [0, 0.1) is 0 Å². The number of sulfone groups is 1. The van der Waals surface area contributed by atoms with E-state index in [2.05, 4.69) is 20.4 Å². The molecule has 0 saturated heterocycles. The highest BCUT2D eigenvalue weighted by atomic mass is 35.5. The number of amides is 1. The molecule has 0 atom stereocenters. The number of aliphatic imine (C=N–C) groups is 1. The van der Waals surface area contributed by atoms with Gasteiger partial charge in [-0.15, -0.1) is 13.2 Å². The van der Waals surface area contributed by atoms with Gasteiger partial charge in [0.25, 0.3) is 0 Å². The van der Waals surface area contributed by atoms with E-state index < -0.39 is 32.8 Å². The molecule has 36 heavy (non-hydrogen) atoms. The lowest BCUT2D eigenvalue weighted by Gasteiger charge is -2.15. The third kappa shape index (κ3) is 7.97. The van der Waals surface area contributed by atoms with Crippen LogP contribution >= 0.6 is 11.6 Å². The Morgan fingerprint density at radius 2 is 1.97 bits per heavy atom. The summed E-state index contributed by atoms with van der Waals surface area (Å²) in [4.78, 5) is 17.9. The summed E-state index contributed by atoms with van der Waals surface area (Å²) < 4.78 is 65.5. The van der Waals surface area contributed by atoms with Gasteiger partial charge in [0.05, 0.1) is 16.5 Å². The van der Waals surface area contributed by atoms with Crippen molar-refractivity contribution in [3.8, 4) is 5.75 Å². The van der Waals surface area contributed by atoms with Crippen LogP contribution in [0.25, 0.3) is 0 Å². The van der Waals surface area contributed by atoms with Gasteiger partial charge in [-0.3, -0.25) is 15.1 Å². The van der Waals surface area contributed by atoms with Gasteiger partial charge in [0.2, 0.25) is 5.91 Å². The molecule has 1 amide bonds. The van der Waals surface area contributed by atoms with Gasteiger partial charge in [0.1, 0.15) is 17.5 Å². The first-order valence-electron chi connectivity index (χ1n) is 10.7. The summed E-state index contributed by atoms with van der Waals surface area (Å²) in [6.45, 7) is 2.03. The highest BCUT2D eigenvalue weighted by Gasteiger charge is 2.31. The monoisotopic (exact) mass is 544 g/mol. The molecule has 13 heteroatoms. The second kappa shape index (κ2) is 11.8. The van der Waals surface area contributed by atoms with E-state index in [1.54, 1.807) is 7.05 Å². The van der Waals surface area contributed by atoms with Crippen molar-refractivity contribution >= 4 is 33.2 Å². The summed E-state index contributed by atoms with van der Waals surface area (Å²) in [7, 11) is -2.29. The van der Waals surface area contributed by atoms with Crippen LogP contribution in [0.3, 0.4) is 0 Å². The Bertz CT molecular complexity index is 1250. The van der Waals surface area contributed by atoms with Crippen molar-refractivity contribution < 1.29 is 31.1 Å². The first kappa shape index (κ1) is 27.5. The molecule has 0 radical (unpaired) electrons. The van der Waals surface area contributed by atoms with Crippen LogP contribution in [0.1, 0.15) is 11.1 Å². The molecule has 2 N–H and O–H groups in total. The molecule has 3 rings (SSSR count). The summed E-state index contributed by atoms with van der Waals surface area (Å²) >= 11 is 5.84. The first-order chi connectivity index (χ1) is 16.9. The number of halogens is 4. The fourth-order valence-electron chi connectivity index (χ4n) is 3.28. The SMILES string of the molecule is CN(Cc1ccc(C2=NCCN2)cc1)C(=O)C=CCNCS(=O)(=O)c1ccc(OC(F)(F)F)cc1Cl. The lowest BCUT2D eigenvalue weighted by Crippen LogP contribution is -2.26. The maximum atomic E-state index is 12.4. The molecule has 0 fully saturated rings. The van der Waals surface area contributed by atoms with E-state index in [9.17, 15) is 26.4 Å². The number of carbonyl (C=O) groups is 1. The number of benzene rings is 2. The van der Waals surface area contributed by atoms with E-state index in [4.69, 9.17) is 11.6 Å². The molecule has 0 aliphatic carbocycles. The zero-order valence-corrected chi connectivity index (χ0v) is 20.8. The van der Waals surface area contributed by atoms with E-state index in [1.807, 2.05) is 24.3 Å². The predicted octanol–water partition coefficient (Wildman–Crippen LogP) is 3.12. The third-order valence-electron chi connectivity index (χ3n) is 4.98. The lowest BCUT2D eigenvalue weighted by atomic mass is 10.1. The Hall–Kier alpha value is -3.09. The van der Waals surface area contributed by atoms with Gasteiger partial charge in [0.15, 0.2) is 9.84 Å². The highest BCUT2D eigenvalue weighted by Crippen LogP contribution is 2.30. The Morgan fingerprint density at radius 3 is 2.58 bits per heavy atom. The van der Waals surface area contributed by atoms with Crippen molar-refractivity contribution in [2.45, 2.75) is 17.8 Å². The number of nitrogens with one attached hydrogen (secondary N) is 2. The number of ether oxygens (including phenoxy) is 1. The third-order valence-corrected chi connectivity index (χ3v) is 7.02. The average Bonchev–Trinajstić information content (AvgIpc) is 3.33. The molecule has 194 valence electrons. The summed E-state index contributed by atoms with van der Waals surface area (Å²) in [5.41, 5.74) is 1.92. The molecule has 0 saturated carbocycles. The molecule has 2 aromatic carbocycles. The van der Waals surface area contributed by atoms with Crippen molar-refractivity contribution in [2.75, 3.05) is 32.6 Å². The number of carbonyl (C=O) groups excluding carboxylic acids is 1. The number of likely N-dealkylation sites (N-methyl/N-ethyl adjacent to an activating group) is 1. The minimum absolute atomic E-state index is 0.0650. The van der Waals surface area contributed by atoms with E-state index in [0.29, 0.717) is 6.54 Å². The van der Waals surface area contributed by atoms with Gasteiger partial charge in [-0.1, -0.05) is 41.9 Å². The second-order valence-corrected chi connectivity index (χ2v) is 10.2. The summed E-state index contributed by atoms with van der Waals surface area (Å²) in [5, 5.41) is 5.45. The minimum atomic E-state index is -4.92. The molecule has 1 heterocycles. The van der Waals surface area contributed by atoms with E-state index in [1.165, 1.54) is 17.1 Å². The van der Waals surface area contributed by atoms with Crippen molar-refractivity contribution in [3.05, 3.63) is 70.8 Å². The van der Waals surface area contributed by atoms with Crippen LogP contribution in [-0.4, -0.2) is 64.0 Å². The number of amidine groups is 1. The summed E-state index contributed by atoms with van der Waals surface area (Å²) in [6.07, 6.45) is -2.12. The quantitative estimate of drug-likeness (QED) is 0.352. The Balaban J connectivity index is 1.46. The number of rotatable bonds is 10. The normalized spacial score (nSPS) is 14.0. The number of hydrogen-bond donors (Lipinski definition) is 2. The van der Waals surface area contributed by atoms with Gasteiger partial charge >= 0.3 is 6.36 Å². The standard InChI is InChI=1S/C23H24ClF3N4O4S/c1-31(14-16-4-6-17(7-5-16)22-29-11-12-30-22)21(32)3-2-10-28-15-36(33,34)20-9-8-18(13-19(20)24)35-23(25,26)27/h2-9,13,28H,10-12,14-15H2,1H3,(H,29,30). The lowest BCUT2D eigenvalue weighted by molar-refractivity contribution is -0.274. The van der Waals surface area contributed by atoms with Crippen LogP contribution in [0.4, 0.5) is 13.2 Å². The van der Waals surface area contributed by atoms with Gasteiger partial charge < -0.3 is 15.0 Å². The van der Waals surface area contributed by atoms with Crippen LogP contribution in [-0.2, 0) is 21.2 Å². The maximum absolute atomic E-state index is 12.4. The van der Waals surface area contributed by atoms with Crippen molar-refractivity contribution in [3.63, 3.8) is 0 Å². The molecule has 0 bridgehead atoms. The Kier molecular flexibility index (Phi) is 8.98. The molecule has 0 unspecified atom stereocenters. The summed E-state index contributed by atoms with van der Waals surface area (Å²) in [6, 6.07) is 10.3. The van der Waals surface area contributed by atoms with Crippen molar-refractivity contribution in [1.29, 1.82) is 0 Å². The number of hydrogen-bond acceptors (Lipinski definition) is 7. The molecule has 1 aliphatic rings. The molecular formula is C23H24ClF3N4O4S. The van der Waals surface area contributed by atoms with Crippen LogP contribution in [0.15, 0.2) is 64.5 Å². The topological polar surface area (TPSA) is 100 Å². The van der Waals surface area contributed by atoms with Gasteiger partial charge in [-0.2, -0.15) is 0 Å². The van der Waals surface area contributed by atoms with Crippen LogP contribution in [0.2, 0.25) is 5.02 Å². The highest BCUT2D eigenvalue weighted by molar-refractivity contribution is 7.91. The van der Waals surface area contributed by atoms with Crippen molar-refractivity contribution in [2.24, 2.45) is 4.99 Å². The first-order valence-corrected chi connectivity index (χ1v) is 12.8. The van der Waals surface area contributed by atoms with Crippen molar-refractivity contribution in [1.82, 2.24) is 15.5 Å². The Morgan fingerprint density at radius 1 is 1.25 bits per heavy atom.